The molecule has 2 saturated heterocycles. The van der Waals surface area contributed by atoms with E-state index in [9.17, 15) is 4.79 Å². The zero-order valence-electron chi connectivity index (χ0n) is 17.9. The van der Waals surface area contributed by atoms with E-state index in [4.69, 9.17) is 4.84 Å². The summed E-state index contributed by atoms with van der Waals surface area (Å²) in [6.45, 7) is 5.33. The Kier molecular flexibility index (Phi) is 9.80. The fourth-order valence-electron chi connectivity index (χ4n) is 4.26. The van der Waals surface area contributed by atoms with Gasteiger partial charge in [-0.25, -0.2) is 5.48 Å². The smallest absolute Gasteiger partial charge is 0.257 e. The molecule has 1 aromatic carbocycles. The Morgan fingerprint density at radius 2 is 1.83 bits per heavy atom. The number of hydrogen-bond acceptors (Lipinski definition) is 5. The molecule has 1 amide bonds. The third kappa shape index (κ3) is 6.99. The summed E-state index contributed by atoms with van der Waals surface area (Å²) in [6.07, 6.45) is 10.1. The molecule has 1 N–H and O–H groups in total. The van der Waals surface area contributed by atoms with E-state index < -0.39 is 0 Å². The number of nitrogens with one attached hydrogen (secondary N) is 1. The molecule has 2 aliphatic heterocycles. The monoisotopic (exact) mass is 419 g/mol. The lowest BCUT2D eigenvalue weighted by Crippen LogP contribution is -2.41. The van der Waals surface area contributed by atoms with Crippen molar-refractivity contribution in [2.75, 3.05) is 32.0 Å². The molecule has 29 heavy (non-hydrogen) atoms. The average Bonchev–Trinajstić information content (AvgIpc) is 3.33. The number of thioether (sulfide) groups is 1. The first-order valence-corrected chi connectivity index (χ1v) is 12.4. The van der Waals surface area contributed by atoms with Gasteiger partial charge in [-0.1, -0.05) is 82.2 Å². The van der Waals surface area contributed by atoms with Crippen molar-refractivity contribution < 1.29 is 9.63 Å². The number of nitrogens with zero attached hydrogens (tertiary/aromatic N) is 2. The van der Waals surface area contributed by atoms with E-state index >= 15 is 0 Å². The van der Waals surface area contributed by atoms with Gasteiger partial charge in [0, 0.05) is 18.8 Å². The SMILES string of the molecule is CCCCCCCCCCONC(=O)CN1C(c2ccccc2)CN2CCSC21. The minimum atomic E-state index is -0.0418. The van der Waals surface area contributed by atoms with Crippen molar-refractivity contribution in [3.8, 4) is 0 Å². The average molecular weight is 420 g/mol. The summed E-state index contributed by atoms with van der Waals surface area (Å²) in [5, 5.41) is 0. The highest BCUT2D eigenvalue weighted by molar-refractivity contribution is 8.00. The van der Waals surface area contributed by atoms with Crippen molar-refractivity contribution in [3.05, 3.63) is 35.9 Å². The van der Waals surface area contributed by atoms with E-state index in [0.717, 1.165) is 25.3 Å². The number of carbonyl (C=O) groups excluding carboxylic acids is 1. The topological polar surface area (TPSA) is 44.8 Å². The summed E-state index contributed by atoms with van der Waals surface area (Å²) < 4.78 is 0. The molecule has 1 aromatic rings. The number of hydroxylamine groups is 1. The summed E-state index contributed by atoms with van der Waals surface area (Å²) in [7, 11) is 0. The molecule has 0 aliphatic carbocycles. The van der Waals surface area contributed by atoms with Gasteiger partial charge in [-0.15, -0.1) is 11.8 Å². The van der Waals surface area contributed by atoms with Crippen LogP contribution in [-0.2, 0) is 9.63 Å². The third-order valence-corrected chi connectivity index (χ3v) is 7.13. The van der Waals surface area contributed by atoms with Crippen LogP contribution in [0.3, 0.4) is 0 Å². The largest absolute Gasteiger partial charge is 0.277 e. The molecule has 3 rings (SSSR count). The predicted molar refractivity (Wildman–Crippen MR) is 120 cm³/mol. The second kappa shape index (κ2) is 12.6. The van der Waals surface area contributed by atoms with Gasteiger partial charge in [-0.2, -0.15) is 0 Å². The Labute approximate surface area is 180 Å². The van der Waals surface area contributed by atoms with Gasteiger partial charge in [0.25, 0.3) is 5.91 Å². The molecule has 0 saturated carbocycles. The summed E-state index contributed by atoms with van der Waals surface area (Å²) in [5.41, 5.74) is 4.26. The van der Waals surface area contributed by atoms with Gasteiger partial charge in [0.05, 0.1) is 19.2 Å². The van der Waals surface area contributed by atoms with E-state index in [1.54, 1.807) is 0 Å². The Morgan fingerprint density at radius 3 is 2.59 bits per heavy atom. The maximum atomic E-state index is 12.5. The van der Waals surface area contributed by atoms with Gasteiger partial charge in [-0.05, 0) is 12.0 Å². The second-order valence-corrected chi connectivity index (χ2v) is 9.30. The molecule has 0 bridgehead atoms. The highest BCUT2D eigenvalue weighted by Gasteiger charge is 2.43. The number of fused-ring (bicyclic) bond motifs is 1. The predicted octanol–water partition coefficient (Wildman–Crippen LogP) is 4.56. The molecule has 162 valence electrons. The number of unbranched alkanes of at least 4 members (excludes halogenated alkanes) is 7. The van der Waals surface area contributed by atoms with Crippen molar-refractivity contribution in [1.82, 2.24) is 15.3 Å². The van der Waals surface area contributed by atoms with E-state index in [2.05, 4.69) is 46.5 Å². The zero-order chi connectivity index (χ0) is 20.3. The van der Waals surface area contributed by atoms with E-state index in [-0.39, 0.29) is 11.9 Å². The molecule has 2 aliphatic rings. The number of benzene rings is 1. The molecule has 2 heterocycles. The van der Waals surface area contributed by atoms with Gasteiger partial charge >= 0.3 is 0 Å². The van der Waals surface area contributed by atoms with Crippen LogP contribution in [0.1, 0.15) is 69.9 Å². The highest BCUT2D eigenvalue weighted by atomic mass is 32.2. The van der Waals surface area contributed by atoms with Gasteiger partial charge in [-0.3, -0.25) is 19.4 Å². The molecule has 0 radical (unpaired) electrons. The first-order chi connectivity index (χ1) is 14.3. The molecule has 5 nitrogen and oxygen atoms in total. The molecular weight excluding hydrogens is 382 g/mol. The Morgan fingerprint density at radius 1 is 1.10 bits per heavy atom. The summed E-state index contributed by atoms with van der Waals surface area (Å²) in [5.74, 6) is 1.10. The number of carbonyl (C=O) groups is 1. The van der Waals surface area contributed by atoms with Gasteiger partial charge in [0.2, 0.25) is 0 Å². The molecule has 0 aromatic heterocycles. The standard InChI is InChI=1S/C23H37N3O2S/c1-2-3-4-5-6-7-8-12-16-28-24-22(27)19-26-21(20-13-10-9-11-14-20)18-25-15-17-29-23(25)26/h9-11,13-14,21,23H,2-8,12,15-19H2,1H3,(H,24,27). The van der Waals surface area contributed by atoms with Crippen molar-refractivity contribution in [2.45, 2.75) is 69.8 Å². The van der Waals surface area contributed by atoms with Crippen LogP contribution in [-0.4, -0.2) is 53.2 Å². The lowest BCUT2D eigenvalue weighted by atomic mass is 10.1. The van der Waals surface area contributed by atoms with Crippen LogP contribution in [0.2, 0.25) is 0 Å². The van der Waals surface area contributed by atoms with E-state index in [1.807, 2.05) is 17.8 Å². The summed E-state index contributed by atoms with van der Waals surface area (Å²) >= 11 is 1.94. The minimum Gasteiger partial charge on any atom is -0.277 e. The molecule has 2 unspecified atom stereocenters. The van der Waals surface area contributed by atoms with Crippen LogP contribution >= 0.6 is 11.8 Å². The van der Waals surface area contributed by atoms with E-state index in [0.29, 0.717) is 18.6 Å². The molecule has 0 spiro atoms. The minimum absolute atomic E-state index is 0.0418. The van der Waals surface area contributed by atoms with Crippen LogP contribution in [0.5, 0.6) is 0 Å². The third-order valence-electron chi connectivity index (χ3n) is 5.85. The lowest BCUT2D eigenvalue weighted by molar-refractivity contribution is -0.135. The number of hydrogen-bond donors (Lipinski definition) is 1. The van der Waals surface area contributed by atoms with Crippen LogP contribution in [0.25, 0.3) is 0 Å². The number of amides is 1. The quantitative estimate of drug-likeness (QED) is 0.375. The maximum absolute atomic E-state index is 12.5. The van der Waals surface area contributed by atoms with E-state index in [1.165, 1.54) is 50.5 Å². The summed E-state index contributed by atoms with van der Waals surface area (Å²) in [4.78, 5) is 22.8. The van der Waals surface area contributed by atoms with Crippen LogP contribution in [0.4, 0.5) is 0 Å². The van der Waals surface area contributed by atoms with Crippen molar-refractivity contribution in [1.29, 1.82) is 0 Å². The Bertz CT molecular complexity index is 601. The Hall–Kier alpha value is -1.08. The Balaban J connectivity index is 1.34. The zero-order valence-corrected chi connectivity index (χ0v) is 18.7. The normalized spacial score (nSPS) is 22.1. The fourth-order valence-corrected chi connectivity index (χ4v) is 5.62. The summed E-state index contributed by atoms with van der Waals surface area (Å²) in [6, 6.07) is 10.8. The lowest BCUT2D eigenvalue weighted by Gasteiger charge is -2.27. The van der Waals surface area contributed by atoms with Crippen molar-refractivity contribution >= 4 is 17.7 Å². The van der Waals surface area contributed by atoms with Gasteiger partial charge in [0.15, 0.2) is 0 Å². The molecule has 6 heteroatoms. The maximum Gasteiger partial charge on any atom is 0.257 e. The fraction of sp³-hybridized carbons (Fsp3) is 0.696. The number of rotatable bonds is 13. The highest BCUT2D eigenvalue weighted by Crippen LogP contribution is 2.40. The van der Waals surface area contributed by atoms with Gasteiger partial charge in [0.1, 0.15) is 5.50 Å². The first-order valence-electron chi connectivity index (χ1n) is 11.4. The van der Waals surface area contributed by atoms with Crippen LogP contribution in [0, 0.1) is 0 Å². The molecule has 2 atom stereocenters. The van der Waals surface area contributed by atoms with Crippen LogP contribution in [0.15, 0.2) is 30.3 Å². The molecular formula is C23H37N3O2S. The van der Waals surface area contributed by atoms with Gasteiger partial charge < -0.3 is 0 Å². The first kappa shape index (κ1) is 22.6. The van der Waals surface area contributed by atoms with Crippen molar-refractivity contribution in [2.24, 2.45) is 0 Å². The van der Waals surface area contributed by atoms with Crippen molar-refractivity contribution in [3.63, 3.8) is 0 Å². The van der Waals surface area contributed by atoms with Crippen LogP contribution < -0.4 is 5.48 Å². The molecule has 2 fully saturated rings. The second-order valence-electron chi connectivity index (χ2n) is 8.14.